The van der Waals surface area contributed by atoms with Crippen molar-refractivity contribution in [3.05, 3.63) is 23.3 Å². The van der Waals surface area contributed by atoms with Crippen LogP contribution in [0.5, 0.6) is 0 Å². The van der Waals surface area contributed by atoms with Gasteiger partial charge in [-0.25, -0.2) is 4.79 Å². The molecule has 4 aliphatic carbocycles. The van der Waals surface area contributed by atoms with Crippen LogP contribution in [0.2, 0.25) is 0 Å². The van der Waals surface area contributed by atoms with Crippen LogP contribution in [0.25, 0.3) is 0 Å². The van der Waals surface area contributed by atoms with Crippen LogP contribution in [-0.2, 0) is 19.1 Å². The minimum absolute atomic E-state index is 0.00437. The van der Waals surface area contributed by atoms with E-state index < -0.39 is 23.1 Å². The van der Waals surface area contributed by atoms with Gasteiger partial charge in [-0.2, -0.15) is 0 Å². The third kappa shape index (κ3) is 2.81. The van der Waals surface area contributed by atoms with Crippen molar-refractivity contribution < 1.29 is 34.4 Å². The Bertz CT molecular complexity index is 1020. The average molecular weight is 487 g/mol. The van der Waals surface area contributed by atoms with Crippen LogP contribution in [0, 0.1) is 40.4 Å². The van der Waals surface area contributed by atoms with E-state index >= 15 is 0 Å². The number of rotatable bonds is 4. The van der Waals surface area contributed by atoms with E-state index in [2.05, 4.69) is 13.8 Å². The Labute approximate surface area is 206 Å². The van der Waals surface area contributed by atoms with Gasteiger partial charge in [-0.15, -0.1) is 0 Å². The number of aliphatic hydroxyl groups is 3. The van der Waals surface area contributed by atoms with Gasteiger partial charge in [0, 0.05) is 6.42 Å². The lowest BCUT2D eigenvalue weighted by molar-refractivity contribution is -0.164. The molecule has 6 aliphatic rings. The molecule has 2 aliphatic heterocycles. The summed E-state index contributed by atoms with van der Waals surface area (Å²) in [5.74, 6) is 0.753. The number of hydrogen-bond donors (Lipinski definition) is 3. The van der Waals surface area contributed by atoms with E-state index in [1.807, 2.05) is 6.92 Å². The predicted octanol–water partition coefficient (Wildman–Crippen LogP) is 2.33. The van der Waals surface area contributed by atoms with Crippen molar-refractivity contribution in [3.8, 4) is 0 Å². The van der Waals surface area contributed by atoms with Crippen LogP contribution in [0.15, 0.2) is 23.3 Å². The van der Waals surface area contributed by atoms with Gasteiger partial charge in [-0.1, -0.05) is 19.4 Å². The smallest absolute Gasteiger partial charge is 0.336 e. The lowest BCUT2D eigenvalue weighted by Crippen LogP contribution is -2.66. The number of ether oxygens (including phenoxy) is 2. The Hall–Kier alpha value is -1.54. The first-order chi connectivity index (χ1) is 16.7. The summed E-state index contributed by atoms with van der Waals surface area (Å²) in [5, 5.41) is 31.1. The molecule has 11 atom stereocenters. The Morgan fingerprint density at radius 3 is 2.63 bits per heavy atom. The van der Waals surface area contributed by atoms with Crippen molar-refractivity contribution in [3.63, 3.8) is 0 Å². The van der Waals surface area contributed by atoms with E-state index in [9.17, 15) is 24.9 Å². The predicted molar refractivity (Wildman–Crippen MR) is 126 cm³/mol. The van der Waals surface area contributed by atoms with Gasteiger partial charge in [0.25, 0.3) is 0 Å². The number of allylic oxidation sites excluding steroid dienone is 1. The van der Waals surface area contributed by atoms with Crippen LogP contribution in [0.3, 0.4) is 0 Å². The minimum atomic E-state index is -1.05. The topological polar surface area (TPSA) is 117 Å². The molecule has 0 unspecified atom stereocenters. The Kier molecular flexibility index (Phi) is 5.27. The molecular weight excluding hydrogens is 448 g/mol. The van der Waals surface area contributed by atoms with Crippen molar-refractivity contribution in [2.24, 2.45) is 40.4 Å². The number of aliphatic hydroxyl groups excluding tert-OH is 3. The molecule has 0 aromatic carbocycles. The fourth-order valence-electron chi connectivity index (χ4n) is 9.78. The van der Waals surface area contributed by atoms with Gasteiger partial charge in [0.05, 0.1) is 30.3 Å². The van der Waals surface area contributed by atoms with Crippen LogP contribution in [-0.4, -0.2) is 64.2 Å². The summed E-state index contributed by atoms with van der Waals surface area (Å²) >= 11 is 0. The molecule has 0 amide bonds. The molecule has 0 aromatic rings. The summed E-state index contributed by atoms with van der Waals surface area (Å²) < 4.78 is 12.0. The second-order valence-electron chi connectivity index (χ2n) is 12.5. The third-order valence-electron chi connectivity index (χ3n) is 11.6. The van der Waals surface area contributed by atoms with Gasteiger partial charge < -0.3 is 24.8 Å². The van der Waals surface area contributed by atoms with Gasteiger partial charge >= 0.3 is 5.97 Å². The van der Waals surface area contributed by atoms with Gasteiger partial charge in [0.1, 0.15) is 17.8 Å². The Morgan fingerprint density at radius 2 is 1.94 bits per heavy atom. The van der Waals surface area contributed by atoms with Crippen molar-refractivity contribution in [2.75, 3.05) is 13.2 Å². The number of carbonyl (C=O) groups excluding carboxylic acids is 2. The molecule has 3 N–H and O–H groups in total. The fraction of sp³-hybridized carbons (Fsp3) is 0.786. The Morgan fingerprint density at radius 1 is 1.17 bits per heavy atom. The van der Waals surface area contributed by atoms with Gasteiger partial charge in [-0.3, -0.25) is 4.79 Å². The molecule has 192 valence electrons. The molecule has 0 radical (unpaired) electrons. The van der Waals surface area contributed by atoms with Crippen molar-refractivity contribution in [1.29, 1.82) is 0 Å². The van der Waals surface area contributed by atoms with Crippen molar-refractivity contribution >= 4 is 11.8 Å². The zero-order valence-corrected chi connectivity index (χ0v) is 20.9. The van der Waals surface area contributed by atoms with Crippen molar-refractivity contribution in [1.82, 2.24) is 0 Å². The SMILES string of the molecule is CC1=C(CO)C(=O)O[C@@H]([C@@H](C)[C@H]2CC[C@H]3[C@@H]4C[C@H]5O[C@]56[C@@H](O)C=CC(=O)[C@]6(CO)[C@H]4CC[C@]23C)C1. The summed E-state index contributed by atoms with van der Waals surface area (Å²) in [4.78, 5) is 25.8. The van der Waals surface area contributed by atoms with E-state index in [-0.39, 0.29) is 54.4 Å². The summed E-state index contributed by atoms with van der Waals surface area (Å²) in [6, 6.07) is 0. The zero-order chi connectivity index (χ0) is 24.9. The first-order valence-electron chi connectivity index (χ1n) is 13.4. The van der Waals surface area contributed by atoms with Crippen LogP contribution in [0.1, 0.15) is 59.3 Å². The molecule has 1 saturated heterocycles. The molecule has 6 rings (SSSR count). The monoisotopic (exact) mass is 486 g/mol. The maximum Gasteiger partial charge on any atom is 0.336 e. The zero-order valence-electron chi connectivity index (χ0n) is 20.9. The maximum absolute atomic E-state index is 13.4. The highest BCUT2D eigenvalue weighted by molar-refractivity contribution is 5.98. The maximum atomic E-state index is 13.4. The summed E-state index contributed by atoms with van der Waals surface area (Å²) in [5.41, 5.74) is -0.646. The molecule has 2 heterocycles. The second-order valence-corrected chi connectivity index (χ2v) is 12.5. The van der Waals surface area contributed by atoms with Gasteiger partial charge in [-0.05, 0) is 86.2 Å². The number of cyclic esters (lactones) is 1. The highest BCUT2D eigenvalue weighted by Gasteiger charge is 2.81. The molecule has 3 saturated carbocycles. The largest absolute Gasteiger partial charge is 0.458 e. The molecule has 0 bridgehead atoms. The molecule has 7 nitrogen and oxygen atoms in total. The summed E-state index contributed by atoms with van der Waals surface area (Å²) in [6.07, 6.45) is 7.13. The highest BCUT2D eigenvalue weighted by atomic mass is 16.6. The summed E-state index contributed by atoms with van der Waals surface area (Å²) in [6.45, 7) is 5.94. The third-order valence-corrected chi connectivity index (χ3v) is 11.6. The van der Waals surface area contributed by atoms with E-state index in [0.29, 0.717) is 23.8 Å². The van der Waals surface area contributed by atoms with Crippen LogP contribution in [0.4, 0.5) is 0 Å². The fourth-order valence-corrected chi connectivity index (χ4v) is 9.78. The highest BCUT2D eigenvalue weighted by Crippen LogP contribution is 2.73. The molecule has 7 heteroatoms. The Balaban J connectivity index is 1.29. The van der Waals surface area contributed by atoms with Gasteiger partial charge in [0.2, 0.25) is 0 Å². The number of hydrogen-bond acceptors (Lipinski definition) is 7. The average Bonchev–Trinajstić information content (AvgIpc) is 3.46. The molecule has 4 fully saturated rings. The first-order valence-corrected chi connectivity index (χ1v) is 13.4. The number of epoxide rings is 1. The number of carbonyl (C=O) groups is 2. The molecule has 1 spiro atoms. The molecular formula is C28H38O7. The number of esters is 1. The second kappa shape index (κ2) is 7.73. The van der Waals surface area contributed by atoms with Gasteiger partial charge in [0.15, 0.2) is 5.78 Å². The summed E-state index contributed by atoms with van der Waals surface area (Å²) in [7, 11) is 0. The lowest BCUT2D eigenvalue weighted by atomic mass is 9.44. The molecule has 35 heavy (non-hydrogen) atoms. The number of ketones is 1. The van der Waals surface area contributed by atoms with E-state index in [0.717, 1.165) is 37.7 Å². The number of fused-ring (bicyclic) bond motifs is 4. The first kappa shape index (κ1) is 23.8. The lowest BCUT2D eigenvalue weighted by Gasteiger charge is -2.58. The van der Waals surface area contributed by atoms with Crippen LogP contribution < -0.4 is 0 Å². The quantitative estimate of drug-likeness (QED) is 0.412. The van der Waals surface area contributed by atoms with Crippen LogP contribution >= 0.6 is 0 Å². The standard InChI is InChI=1S/C28H38O7/c1-14-10-21(34-25(33)17(14)12-29)15(2)18-4-5-19-16-11-24-28(35-24)23(32)7-6-22(31)27(28,13-30)20(16)8-9-26(18,19)3/h6-7,15-16,18-21,23-24,29-30,32H,4-5,8-13H2,1-3H3/t15-,16-,18+,19-,20-,21+,23-,24+,26+,27-,28+/m0/s1. The molecule has 0 aromatic heterocycles. The minimum Gasteiger partial charge on any atom is -0.458 e. The van der Waals surface area contributed by atoms with E-state index in [1.54, 1.807) is 6.08 Å². The van der Waals surface area contributed by atoms with E-state index in [4.69, 9.17) is 9.47 Å². The van der Waals surface area contributed by atoms with Crippen molar-refractivity contribution in [2.45, 2.75) is 83.2 Å². The van der Waals surface area contributed by atoms with E-state index in [1.165, 1.54) is 6.08 Å². The normalized spacial score (nSPS) is 51.2.